The maximum Gasteiger partial charge on any atom is 0.193 e. The summed E-state index contributed by atoms with van der Waals surface area (Å²) in [5.41, 5.74) is 0.264. The van der Waals surface area contributed by atoms with Crippen LogP contribution in [0, 0.1) is 5.92 Å². The Morgan fingerprint density at radius 3 is 2.79 bits per heavy atom. The fraction of sp³-hybridized carbons (Fsp3) is 0.783. The number of likely N-dealkylation sites (tertiary alicyclic amines) is 1. The Kier molecular flexibility index (Phi) is 7.49. The lowest BCUT2D eigenvalue weighted by Gasteiger charge is -2.36. The average molecular weight is 419 g/mol. The van der Waals surface area contributed by atoms with Crippen LogP contribution in [0.25, 0.3) is 0 Å². The van der Waals surface area contributed by atoms with Crippen LogP contribution in [-0.4, -0.2) is 74.8 Å². The molecule has 162 valence electrons. The highest BCUT2D eigenvalue weighted by atomic mass is 32.1. The summed E-state index contributed by atoms with van der Waals surface area (Å²) in [6.45, 7) is 11.5. The summed E-state index contributed by atoms with van der Waals surface area (Å²) in [6.07, 6.45) is 7.92. The summed E-state index contributed by atoms with van der Waals surface area (Å²) in [5.74, 6) is 1.89. The third kappa shape index (κ3) is 5.33. The van der Waals surface area contributed by atoms with Gasteiger partial charge in [0.25, 0.3) is 0 Å². The molecule has 3 aliphatic rings. The summed E-state index contributed by atoms with van der Waals surface area (Å²) in [7, 11) is 0. The smallest absolute Gasteiger partial charge is 0.193 e. The van der Waals surface area contributed by atoms with Crippen LogP contribution in [0.4, 0.5) is 0 Å². The minimum atomic E-state index is 0.264. The zero-order valence-corrected chi connectivity index (χ0v) is 18.9. The van der Waals surface area contributed by atoms with Crippen LogP contribution in [0.1, 0.15) is 50.3 Å². The molecule has 0 amide bonds. The molecule has 2 saturated heterocycles. The van der Waals surface area contributed by atoms with Crippen molar-refractivity contribution in [2.24, 2.45) is 10.9 Å². The van der Waals surface area contributed by atoms with Crippen molar-refractivity contribution in [3.8, 4) is 0 Å². The second-order valence-electron chi connectivity index (χ2n) is 9.00. The molecular weight excluding hydrogens is 380 g/mol. The monoisotopic (exact) mass is 418 g/mol. The Bertz CT molecular complexity index is 635. The number of thiophene rings is 1. The molecule has 0 spiro atoms. The van der Waals surface area contributed by atoms with Crippen molar-refractivity contribution >= 4 is 17.3 Å². The largest absolute Gasteiger partial charge is 0.379 e. The van der Waals surface area contributed by atoms with Gasteiger partial charge in [-0.15, -0.1) is 11.3 Å². The standard InChI is InChI=1S/C23H38N4OS/c1-2-24-22(27-11-8-20(18-27)17-26-12-14-28-15-13-26)25-19-23(9-4-3-5-10-23)21-7-6-16-29-21/h6-7,16,20H,2-5,8-15,17-19H2,1H3,(H,24,25). The van der Waals surface area contributed by atoms with Gasteiger partial charge in [-0.2, -0.15) is 0 Å². The molecular formula is C23H38N4OS. The van der Waals surface area contributed by atoms with E-state index in [1.807, 2.05) is 11.3 Å². The Hall–Kier alpha value is -1.11. The predicted molar refractivity (Wildman–Crippen MR) is 122 cm³/mol. The third-order valence-corrected chi connectivity index (χ3v) is 8.04. The Labute approximate surface area is 180 Å². The van der Waals surface area contributed by atoms with E-state index in [9.17, 15) is 0 Å². The number of ether oxygens (including phenoxy) is 1. The van der Waals surface area contributed by atoms with Crippen molar-refractivity contribution in [3.05, 3.63) is 22.4 Å². The maximum absolute atomic E-state index is 5.50. The van der Waals surface area contributed by atoms with Crippen molar-refractivity contribution in [2.75, 3.05) is 59.0 Å². The van der Waals surface area contributed by atoms with Gasteiger partial charge in [0.1, 0.15) is 0 Å². The van der Waals surface area contributed by atoms with E-state index in [2.05, 4.69) is 39.6 Å². The first kappa shape index (κ1) is 21.1. The summed E-state index contributed by atoms with van der Waals surface area (Å²) in [6, 6.07) is 4.55. The zero-order valence-electron chi connectivity index (χ0n) is 18.1. The van der Waals surface area contributed by atoms with Gasteiger partial charge in [0, 0.05) is 49.6 Å². The van der Waals surface area contributed by atoms with E-state index >= 15 is 0 Å². The van der Waals surface area contributed by atoms with E-state index in [4.69, 9.17) is 9.73 Å². The summed E-state index contributed by atoms with van der Waals surface area (Å²) in [5, 5.41) is 5.83. The summed E-state index contributed by atoms with van der Waals surface area (Å²) < 4.78 is 5.50. The van der Waals surface area contributed by atoms with Crippen molar-refractivity contribution < 1.29 is 4.74 Å². The Balaban J connectivity index is 1.40. The molecule has 0 radical (unpaired) electrons. The van der Waals surface area contributed by atoms with Gasteiger partial charge < -0.3 is 15.0 Å². The molecule has 4 rings (SSSR count). The van der Waals surface area contributed by atoms with E-state index in [0.717, 1.165) is 64.4 Å². The van der Waals surface area contributed by atoms with Gasteiger partial charge in [0.2, 0.25) is 0 Å². The van der Waals surface area contributed by atoms with Crippen LogP contribution in [0.2, 0.25) is 0 Å². The van der Waals surface area contributed by atoms with Crippen molar-refractivity contribution in [1.82, 2.24) is 15.1 Å². The van der Waals surface area contributed by atoms with E-state index in [0.29, 0.717) is 0 Å². The number of nitrogens with zero attached hydrogens (tertiary/aromatic N) is 3. The number of guanidine groups is 1. The second-order valence-corrected chi connectivity index (χ2v) is 9.95. The SMILES string of the molecule is CCNC(=NCC1(c2cccs2)CCCCC1)N1CCC(CN2CCOCC2)C1. The highest BCUT2D eigenvalue weighted by Crippen LogP contribution is 2.41. The molecule has 1 aliphatic carbocycles. The summed E-state index contributed by atoms with van der Waals surface area (Å²) >= 11 is 1.93. The number of hydrogen-bond acceptors (Lipinski definition) is 4. The first-order valence-corrected chi connectivity index (χ1v) is 12.5. The molecule has 1 saturated carbocycles. The van der Waals surface area contributed by atoms with E-state index in [1.165, 1.54) is 45.1 Å². The average Bonchev–Trinajstić information content (AvgIpc) is 3.45. The van der Waals surface area contributed by atoms with Crippen LogP contribution < -0.4 is 5.32 Å². The van der Waals surface area contributed by atoms with Gasteiger partial charge in [-0.05, 0) is 43.6 Å². The molecule has 6 heteroatoms. The second kappa shape index (κ2) is 10.3. The number of nitrogens with one attached hydrogen (secondary N) is 1. The molecule has 2 aliphatic heterocycles. The highest BCUT2D eigenvalue weighted by molar-refractivity contribution is 7.10. The lowest BCUT2D eigenvalue weighted by Crippen LogP contribution is -2.43. The molecule has 0 aromatic carbocycles. The van der Waals surface area contributed by atoms with Crippen LogP contribution in [0.5, 0.6) is 0 Å². The van der Waals surface area contributed by atoms with Gasteiger partial charge in [-0.25, -0.2) is 0 Å². The highest BCUT2D eigenvalue weighted by Gasteiger charge is 2.35. The number of morpholine rings is 1. The van der Waals surface area contributed by atoms with E-state index in [1.54, 1.807) is 4.88 Å². The van der Waals surface area contributed by atoms with Gasteiger partial charge in [0.15, 0.2) is 5.96 Å². The number of rotatable bonds is 6. The molecule has 1 unspecified atom stereocenters. The number of aliphatic imine (C=N–C) groups is 1. The lowest BCUT2D eigenvalue weighted by molar-refractivity contribution is 0.0315. The molecule has 1 aromatic heterocycles. The van der Waals surface area contributed by atoms with Crippen LogP contribution in [-0.2, 0) is 10.2 Å². The molecule has 1 atom stereocenters. The maximum atomic E-state index is 5.50. The molecule has 3 heterocycles. The topological polar surface area (TPSA) is 40.1 Å². The molecule has 5 nitrogen and oxygen atoms in total. The van der Waals surface area contributed by atoms with Crippen molar-refractivity contribution in [2.45, 2.75) is 50.9 Å². The van der Waals surface area contributed by atoms with E-state index in [-0.39, 0.29) is 5.41 Å². The zero-order chi connectivity index (χ0) is 19.9. The predicted octanol–water partition coefficient (Wildman–Crippen LogP) is 3.57. The molecule has 1 N–H and O–H groups in total. The quantitative estimate of drug-likeness (QED) is 0.566. The van der Waals surface area contributed by atoms with Gasteiger partial charge in [-0.1, -0.05) is 25.3 Å². The minimum absolute atomic E-state index is 0.264. The van der Waals surface area contributed by atoms with Gasteiger partial charge in [-0.3, -0.25) is 9.89 Å². The fourth-order valence-electron chi connectivity index (χ4n) is 5.27. The molecule has 0 bridgehead atoms. The van der Waals surface area contributed by atoms with Crippen molar-refractivity contribution in [1.29, 1.82) is 0 Å². The van der Waals surface area contributed by atoms with Gasteiger partial charge in [0.05, 0.1) is 19.8 Å². The first-order valence-electron chi connectivity index (χ1n) is 11.7. The van der Waals surface area contributed by atoms with Crippen LogP contribution in [0.15, 0.2) is 22.5 Å². The normalized spacial score (nSPS) is 26.0. The minimum Gasteiger partial charge on any atom is -0.379 e. The number of hydrogen-bond donors (Lipinski definition) is 1. The van der Waals surface area contributed by atoms with Gasteiger partial charge >= 0.3 is 0 Å². The van der Waals surface area contributed by atoms with E-state index < -0.39 is 0 Å². The van der Waals surface area contributed by atoms with Crippen LogP contribution in [0.3, 0.4) is 0 Å². The molecule has 3 fully saturated rings. The Morgan fingerprint density at radius 1 is 1.24 bits per heavy atom. The first-order chi connectivity index (χ1) is 14.3. The van der Waals surface area contributed by atoms with Crippen LogP contribution >= 0.6 is 11.3 Å². The molecule has 1 aromatic rings. The summed E-state index contributed by atoms with van der Waals surface area (Å²) in [4.78, 5) is 11.9. The third-order valence-electron chi connectivity index (χ3n) is 6.93. The van der Waals surface area contributed by atoms with Crippen molar-refractivity contribution in [3.63, 3.8) is 0 Å². The Morgan fingerprint density at radius 2 is 2.07 bits per heavy atom. The molecule has 29 heavy (non-hydrogen) atoms. The lowest BCUT2D eigenvalue weighted by atomic mass is 9.73. The fourth-order valence-corrected chi connectivity index (χ4v) is 6.25.